The molecule has 1 aliphatic carbocycles. The first kappa shape index (κ1) is 16.3. The van der Waals surface area contributed by atoms with Gasteiger partial charge >= 0.3 is 0 Å². The van der Waals surface area contributed by atoms with E-state index < -0.39 is 0 Å². The molecule has 108 valence electrons. The van der Waals surface area contributed by atoms with Crippen LogP contribution in [0.3, 0.4) is 0 Å². The summed E-state index contributed by atoms with van der Waals surface area (Å²) >= 11 is 0. The van der Waals surface area contributed by atoms with Gasteiger partial charge in [-0.15, -0.1) is 17.0 Å². The summed E-state index contributed by atoms with van der Waals surface area (Å²) in [6.07, 6.45) is 6.72. The van der Waals surface area contributed by atoms with Crippen molar-refractivity contribution in [2.75, 3.05) is 14.2 Å². The van der Waals surface area contributed by atoms with Crippen molar-refractivity contribution < 1.29 is 9.47 Å². The Kier molecular flexibility index (Phi) is 7.24. The normalized spacial score (nSPS) is 15.7. The van der Waals surface area contributed by atoms with Gasteiger partial charge in [0.05, 0.1) is 14.2 Å². The molecule has 1 aromatic carbocycles. The Morgan fingerprint density at radius 3 is 2.47 bits per heavy atom. The van der Waals surface area contributed by atoms with Gasteiger partial charge in [-0.3, -0.25) is 0 Å². The molecule has 1 aromatic rings. The van der Waals surface area contributed by atoms with Crippen LogP contribution in [0.4, 0.5) is 0 Å². The average molecular weight is 330 g/mol. The molecule has 0 amide bonds. The fraction of sp³-hybridized carbons (Fsp3) is 0.600. The van der Waals surface area contributed by atoms with Crippen LogP contribution >= 0.6 is 17.0 Å². The first-order valence-corrected chi connectivity index (χ1v) is 6.78. The Balaban J connectivity index is 0.00000180. The number of methoxy groups -OCH3 is 2. The average Bonchev–Trinajstić information content (AvgIpc) is 2.46. The van der Waals surface area contributed by atoms with Crippen LogP contribution in [0.1, 0.15) is 37.7 Å². The van der Waals surface area contributed by atoms with E-state index in [1.54, 1.807) is 14.2 Å². The van der Waals surface area contributed by atoms with Gasteiger partial charge in [0.1, 0.15) is 11.5 Å². The summed E-state index contributed by atoms with van der Waals surface area (Å²) in [5.74, 6) is 1.74. The van der Waals surface area contributed by atoms with Gasteiger partial charge in [0, 0.05) is 24.2 Å². The molecule has 0 saturated heterocycles. The van der Waals surface area contributed by atoms with E-state index in [0.29, 0.717) is 6.04 Å². The Hall–Kier alpha value is -0.740. The van der Waals surface area contributed by atoms with Crippen LogP contribution in [0.5, 0.6) is 11.5 Å². The summed E-state index contributed by atoms with van der Waals surface area (Å²) in [5.41, 5.74) is 1.20. The summed E-state index contributed by atoms with van der Waals surface area (Å²) < 4.78 is 10.6. The molecular formula is C15H24BrNO2. The number of ether oxygens (including phenoxy) is 2. The summed E-state index contributed by atoms with van der Waals surface area (Å²) in [6.45, 7) is 0.873. The van der Waals surface area contributed by atoms with Gasteiger partial charge in [-0.1, -0.05) is 25.3 Å². The Morgan fingerprint density at radius 2 is 1.84 bits per heavy atom. The van der Waals surface area contributed by atoms with Gasteiger partial charge in [0.25, 0.3) is 0 Å². The van der Waals surface area contributed by atoms with Crippen molar-refractivity contribution in [2.24, 2.45) is 0 Å². The molecule has 4 heteroatoms. The Bertz CT molecular complexity index is 378. The van der Waals surface area contributed by atoms with E-state index in [1.807, 2.05) is 12.1 Å². The lowest BCUT2D eigenvalue weighted by atomic mass is 9.95. The van der Waals surface area contributed by atoms with Gasteiger partial charge < -0.3 is 14.8 Å². The van der Waals surface area contributed by atoms with Crippen LogP contribution in [0.15, 0.2) is 18.2 Å². The largest absolute Gasteiger partial charge is 0.497 e. The van der Waals surface area contributed by atoms with Crippen molar-refractivity contribution in [3.8, 4) is 11.5 Å². The number of nitrogens with one attached hydrogen (secondary N) is 1. The molecule has 0 unspecified atom stereocenters. The molecule has 1 fully saturated rings. The molecule has 0 bridgehead atoms. The second kappa shape index (κ2) is 8.43. The predicted octanol–water partition coefficient (Wildman–Crippen LogP) is 3.70. The number of benzene rings is 1. The second-order valence-corrected chi connectivity index (χ2v) is 4.89. The quantitative estimate of drug-likeness (QED) is 0.893. The fourth-order valence-corrected chi connectivity index (χ4v) is 2.56. The third-order valence-corrected chi connectivity index (χ3v) is 3.68. The lowest BCUT2D eigenvalue weighted by molar-refractivity contribution is 0.363. The van der Waals surface area contributed by atoms with E-state index in [1.165, 1.54) is 37.7 Å². The van der Waals surface area contributed by atoms with Crippen molar-refractivity contribution in [3.05, 3.63) is 23.8 Å². The van der Waals surface area contributed by atoms with Gasteiger partial charge in [0.2, 0.25) is 0 Å². The zero-order valence-corrected chi connectivity index (χ0v) is 13.5. The van der Waals surface area contributed by atoms with E-state index in [2.05, 4.69) is 11.4 Å². The molecule has 1 N–H and O–H groups in total. The lowest BCUT2D eigenvalue weighted by Gasteiger charge is -2.23. The molecular weight excluding hydrogens is 306 g/mol. The van der Waals surface area contributed by atoms with Crippen LogP contribution in [0, 0.1) is 0 Å². The van der Waals surface area contributed by atoms with Crippen molar-refractivity contribution in [2.45, 2.75) is 44.7 Å². The predicted molar refractivity (Wildman–Crippen MR) is 83.6 cm³/mol. The topological polar surface area (TPSA) is 30.5 Å². The van der Waals surface area contributed by atoms with Crippen molar-refractivity contribution in [3.63, 3.8) is 0 Å². The van der Waals surface area contributed by atoms with Crippen molar-refractivity contribution in [1.29, 1.82) is 0 Å². The van der Waals surface area contributed by atoms with Gasteiger partial charge in [0.15, 0.2) is 0 Å². The molecule has 3 nitrogen and oxygen atoms in total. The highest BCUT2D eigenvalue weighted by atomic mass is 79.9. The lowest BCUT2D eigenvalue weighted by Crippen LogP contribution is -2.30. The van der Waals surface area contributed by atoms with Crippen molar-refractivity contribution >= 4 is 17.0 Å². The molecule has 0 atom stereocenters. The summed E-state index contributed by atoms with van der Waals surface area (Å²) in [4.78, 5) is 0. The number of hydrogen-bond acceptors (Lipinski definition) is 3. The molecule has 0 aromatic heterocycles. The first-order chi connectivity index (χ1) is 8.83. The summed E-state index contributed by atoms with van der Waals surface area (Å²) in [5, 5.41) is 3.63. The number of hydrogen-bond donors (Lipinski definition) is 1. The Morgan fingerprint density at radius 1 is 1.11 bits per heavy atom. The molecule has 1 aliphatic rings. The van der Waals surface area contributed by atoms with Gasteiger partial charge in [-0.2, -0.15) is 0 Å². The molecule has 1 saturated carbocycles. The van der Waals surface area contributed by atoms with Crippen LogP contribution in [-0.4, -0.2) is 20.3 Å². The second-order valence-electron chi connectivity index (χ2n) is 4.89. The maximum Gasteiger partial charge on any atom is 0.127 e. The highest BCUT2D eigenvalue weighted by Crippen LogP contribution is 2.25. The van der Waals surface area contributed by atoms with Crippen LogP contribution < -0.4 is 14.8 Å². The minimum atomic E-state index is 0. The minimum Gasteiger partial charge on any atom is -0.497 e. The van der Waals surface area contributed by atoms with Gasteiger partial charge in [-0.05, 0) is 18.9 Å². The minimum absolute atomic E-state index is 0. The monoisotopic (exact) mass is 329 g/mol. The van der Waals surface area contributed by atoms with Gasteiger partial charge in [-0.25, -0.2) is 0 Å². The molecule has 2 rings (SSSR count). The maximum absolute atomic E-state index is 5.41. The standard InChI is InChI=1S/C15H23NO2.BrH/c1-17-14-9-8-12(15(10-14)18-2)11-16-13-6-4-3-5-7-13;/h8-10,13,16H,3-7,11H2,1-2H3;1H. The summed E-state index contributed by atoms with van der Waals surface area (Å²) in [7, 11) is 3.38. The highest BCUT2D eigenvalue weighted by Gasteiger charge is 2.13. The highest BCUT2D eigenvalue weighted by molar-refractivity contribution is 8.93. The first-order valence-electron chi connectivity index (χ1n) is 6.78. The van der Waals surface area contributed by atoms with Crippen LogP contribution in [0.2, 0.25) is 0 Å². The summed E-state index contributed by atoms with van der Waals surface area (Å²) in [6, 6.07) is 6.68. The maximum atomic E-state index is 5.41. The molecule has 19 heavy (non-hydrogen) atoms. The van der Waals surface area contributed by atoms with E-state index in [4.69, 9.17) is 9.47 Å². The SMILES string of the molecule is Br.COc1ccc(CNC2CCCCC2)c(OC)c1. The smallest absolute Gasteiger partial charge is 0.127 e. The van der Waals surface area contributed by atoms with Crippen LogP contribution in [-0.2, 0) is 6.54 Å². The number of halogens is 1. The van der Waals surface area contributed by atoms with Crippen LogP contribution in [0.25, 0.3) is 0 Å². The zero-order valence-electron chi connectivity index (χ0n) is 11.8. The zero-order chi connectivity index (χ0) is 12.8. The van der Waals surface area contributed by atoms with Crippen molar-refractivity contribution in [1.82, 2.24) is 5.32 Å². The molecule has 0 aliphatic heterocycles. The van der Waals surface area contributed by atoms with E-state index in [9.17, 15) is 0 Å². The molecule has 0 spiro atoms. The van der Waals surface area contributed by atoms with E-state index >= 15 is 0 Å². The number of rotatable bonds is 5. The van der Waals surface area contributed by atoms with E-state index in [0.717, 1.165) is 18.0 Å². The third-order valence-electron chi connectivity index (χ3n) is 3.68. The molecule has 0 heterocycles. The molecule has 0 radical (unpaired) electrons. The fourth-order valence-electron chi connectivity index (χ4n) is 2.56. The van der Waals surface area contributed by atoms with E-state index in [-0.39, 0.29) is 17.0 Å². The Labute approximate surface area is 126 Å². The third kappa shape index (κ3) is 4.69.